The van der Waals surface area contributed by atoms with Crippen LogP contribution in [0.25, 0.3) is 6.08 Å². The van der Waals surface area contributed by atoms with Crippen molar-refractivity contribution in [3.8, 4) is 17.2 Å². The second kappa shape index (κ2) is 7.66. The Bertz CT molecular complexity index is 678. The molecular weight excluding hydrogens is 348 g/mol. The quantitative estimate of drug-likeness (QED) is 0.456. The van der Waals surface area contributed by atoms with Crippen LogP contribution in [-0.4, -0.2) is 20.2 Å². The number of methoxy groups -OCH3 is 2. The van der Waals surface area contributed by atoms with Gasteiger partial charge in [-0.3, -0.25) is 0 Å². The summed E-state index contributed by atoms with van der Waals surface area (Å²) in [7, 11) is 3.14. The smallest absolute Gasteiger partial charge is 0.336 e. The van der Waals surface area contributed by atoms with Crippen LogP contribution in [0.15, 0.2) is 53.0 Å². The first-order valence-corrected chi connectivity index (χ1v) is 7.29. The number of ether oxygens (including phenoxy) is 3. The van der Waals surface area contributed by atoms with Crippen molar-refractivity contribution in [1.29, 1.82) is 0 Å². The summed E-state index contributed by atoms with van der Waals surface area (Å²) < 4.78 is 16.5. The Morgan fingerprint density at radius 1 is 1.00 bits per heavy atom. The van der Waals surface area contributed by atoms with Gasteiger partial charge >= 0.3 is 5.97 Å². The van der Waals surface area contributed by atoms with E-state index in [-0.39, 0.29) is 0 Å². The van der Waals surface area contributed by atoms with E-state index >= 15 is 0 Å². The molecule has 0 unspecified atom stereocenters. The van der Waals surface area contributed by atoms with Gasteiger partial charge in [-0.1, -0.05) is 15.9 Å². The SMILES string of the molecule is COc1ccc(/C=C/C(=O)Oc2ccc(Br)cc2)c(OC)c1. The predicted octanol–water partition coefficient (Wildman–Crippen LogP) is 4.09. The number of benzene rings is 2. The van der Waals surface area contributed by atoms with E-state index in [9.17, 15) is 4.79 Å². The molecule has 4 nitrogen and oxygen atoms in total. The second-order valence-corrected chi connectivity index (χ2v) is 5.23. The summed E-state index contributed by atoms with van der Waals surface area (Å²) in [6.07, 6.45) is 2.99. The number of rotatable bonds is 5. The first-order valence-electron chi connectivity index (χ1n) is 6.50. The molecule has 0 aliphatic heterocycles. The average Bonchev–Trinajstić information content (AvgIpc) is 2.55. The third-order valence-electron chi connectivity index (χ3n) is 2.87. The molecule has 0 spiro atoms. The molecule has 22 heavy (non-hydrogen) atoms. The van der Waals surface area contributed by atoms with Gasteiger partial charge in [-0.2, -0.15) is 0 Å². The fourth-order valence-corrected chi connectivity index (χ4v) is 2.03. The molecule has 2 aromatic carbocycles. The van der Waals surface area contributed by atoms with E-state index in [0.29, 0.717) is 17.2 Å². The molecule has 2 rings (SSSR count). The molecule has 0 radical (unpaired) electrons. The average molecular weight is 363 g/mol. The molecule has 0 N–H and O–H groups in total. The first-order chi connectivity index (χ1) is 10.6. The highest BCUT2D eigenvalue weighted by molar-refractivity contribution is 9.10. The molecule has 0 aliphatic rings. The Morgan fingerprint density at radius 3 is 2.32 bits per heavy atom. The van der Waals surface area contributed by atoms with Crippen LogP contribution in [0.2, 0.25) is 0 Å². The Labute approximate surface area is 137 Å². The summed E-state index contributed by atoms with van der Waals surface area (Å²) >= 11 is 3.32. The summed E-state index contributed by atoms with van der Waals surface area (Å²) in [6, 6.07) is 12.4. The number of carbonyl (C=O) groups excluding carboxylic acids is 1. The summed E-state index contributed by atoms with van der Waals surface area (Å²) in [6.45, 7) is 0. The van der Waals surface area contributed by atoms with Crippen molar-refractivity contribution in [2.45, 2.75) is 0 Å². The number of hydrogen-bond donors (Lipinski definition) is 0. The minimum atomic E-state index is -0.458. The van der Waals surface area contributed by atoms with Gasteiger partial charge in [-0.25, -0.2) is 4.79 Å². The van der Waals surface area contributed by atoms with Gasteiger partial charge in [-0.05, 0) is 42.5 Å². The van der Waals surface area contributed by atoms with Crippen molar-refractivity contribution in [2.24, 2.45) is 0 Å². The van der Waals surface area contributed by atoms with Crippen molar-refractivity contribution in [1.82, 2.24) is 0 Å². The molecule has 0 atom stereocenters. The lowest BCUT2D eigenvalue weighted by molar-refractivity contribution is -0.128. The van der Waals surface area contributed by atoms with E-state index in [0.717, 1.165) is 10.0 Å². The third-order valence-corrected chi connectivity index (χ3v) is 3.40. The maximum Gasteiger partial charge on any atom is 0.336 e. The zero-order valence-corrected chi connectivity index (χ0v) is 13.8. The zero-order valence-electron chi connectivity index (χ0n) is 12.2. The van der Waals surface area contributed by atoms with Gasteiger partial charge < -0.3 is 14.2 Å². The van der Waals surface area contributed by atoms with E-state index in [4.69, 9.17) is 14.2 Å². The van der Waals surface area contributed by atoms with Gasteiger partial charge in [0.25, 0.3) is 0 Å². The molecule has 0 saturated heterocycles. The second-order valence-electron chi connectivity index (χ2n) is 4.32. The fraction of sp³-hybridized carbons (Fsp3) is 0.118. The monoisotopic (exact) mass is 362 g/mol. The van der Waals surface area contributed by atoms with Crippen LogP contribution in [0.5, 0.6) is 17.2 Å². The summed E-state index contributed by atoms with van der Waals surface area (Å²) in [4.78, 5) is 11.8. The maximum absolute atomic E-state index is 11.8. The molecular formula is C17H15BrO4. The highest BCUT2D eigenvalue weighted by atomic mass is 79.9. The Morgan fingerprint density at radius 2 is 1.68 bits per heavy atom. The fourth-order valence-electron chi connectivity index (χ4n) is 1.77. The normalized spacial score (nSPS) is 10.5. The molecule has 0 fully saturated rings. The van der Waals surface area contributed by atoms with Crippen LogP contribution in [-0.2, 0) is 4.79 Å². The highest BCUT2D eigenvalue weighted by Gasteiger charge is 2.04. The Balaban J connectivity index is 2.07. The van der Waals surface area contributed by atoms with Crippen LogP contribution in [0.1, 0.15) is 5.56 Å². The lowest BCUT2D eigenvalue weighted by Crippen LogP contribution is -2.03. The van der Waals surface area contributed by atoms with Gasteiger partial charge in [0, 0.05) is 22.2 Å². The summed E-state index contributed by atoms with van der Waals surface area (Å²) in [5, 5.41) is 0. The standard InChI is InChI=1S/C17H15BrO4/c1-20-15-7-3-12(16(11-15)21-2)4-10-17(19)22-14-8-5-13(18)6-9-14/h3-11H,1-2H3/b10-4+. The lowest BCUT2D eigenvalue weighted by Gasteiger charge is -2.07. The number of hydrogen-bond acceptors (Lipinski definition) is 4. The van der Waals surface area contributed by atoms with E-state index in [1.807, 2.05) is 0 Å². The third kappa shape index (κ3) is 4.36. The zero-order chi connectivity index (χ0) is 15.9. The van der Waals surface area contributed by atoms with Gasteiger partial charge in [0.15, 0.2) is 0 Å². The van der Waals surface area contributed by atoms with Crippen LogP contribution >= 0.6 is 15.9 Å². The Hall–Kier alpha value is -2.27. The van der Waals surface area contributed by atoms with E-state index in [2.05, 4.69) is 15.9 Å². The van der Waals surface area contributed by atoms with Crippen molar-refractivity contribution in [3.05, 3.63) is 58.6 Å². The minimum Gasteiger partial charge on any atom is -0.497 e. The number of halogens is 1. The van der Waals surface area contributed by atoms with Gasteiger partial charge in [-0.15, -0.1) is 0 Å². The molecule has 0 aromatic heterocycles. The van der Waals surface area contributed by atoms with Crippen LogP contribution in [0.3, 0.4) is 0 Å². The predicted molar refractivity (Wildman–Crippen MR) is 88.4 cm³/mol. The molecule has 0 bridgehead atoms. The van der Waals surface area contributed by atoms with Crippen molar-refractivity contribution in [3.63, 3.8) is 0 Å². The summed E-state index contributed by atoms with van der Waals surface area (Å²) in [5.41, 5.74) is 0.760. The molecule has 0 heterocycles. The van der Waals surface area contributed by atoms with Crippen LogP contribution < -0.4 is 14.2 Å². The molecule has 5 heteroatoms. The van der Waals surface area contributed by atoms with Gasteiger partial charge in [0.1, 0.15) is 17.2 Å². The minimum absolute atomic E-state index is 0.458. The Kier molecular flexibility index (Phi) is 5.61. The molecule has 0 aliphatic carbocycles. The van der Waals surface area contributed by atoms with E-state index in [1.165, 1.54) is 6.08 Å². The van der Waals surface area contributed by atoms with Gasteiger partial charge in [0.05, 0.1) is 14.2 Å². The molecule has 0 amide bonds. The first kappa shape index (κ1) is 16.1. The molecule has 0 saturated carbocycles. The van der Waals surface area contributed by atoms with Crippen LogP contribution in [0.4, 0.5) is 0 Å². The van der Waals surface area contributed by atoms with Crippen molar-refractivity contribution in [2.75, 3.05) is 14.2 Å². The van der Waals surface area contributed by atoms with Gasteiger partial charge in [0.2, 0.25) is 0 Å². The number of esters is 1. The molecule has 114 valence electrons. The van der Waals surface area contributed by atoms with Crippen molar-refractivity contribution < 1.29 is 19.0 Å². The highest BCUT2D eigenvalue weighted by Crippen LogP contribution is 2.25. The lowest BCUT2D eigenvalue weighted by atomic mass is 10.2. The van der Waals surface area contributed by atoms with Crippen LogP contribution in [0, 0.1) is 0 Å². The largest absolute Gasteiger partial charge is 0.497 e. The topological polar surface area (TPSA) is 44.8 Å². The summed E-state index contributed by atoms with van der Waals surface area (Å²) in [5.74, 6) is 1.33. The molecule has 2 aromatic rings. The van der Waals surface area contributed by atoms with E-state index < -0.39 is 5.97 Å². The van der Waals surface area contributed by atoms with Crippen molar-refractivity contribution >= 4 is 28.0 Å². The van der Waals surface area contributed by atoms with E-state index in [1.54, 1.807) is 62.8 Å². The number of carbonyl (C=O) groups is 1. The maximum atomic E-state index is 11.8.